The number of halogens is 1. The molecule has 0 radical (unpaired) electrons. The van der Waals surface area contributed by atoms with Crippen LogP contribution in [0.15, 0.2) is 92.2 Å². The van der Waals surface area contributed by atoms with E-state index in [9.17, 15) is 0 Å². The van der Waals surface area contributed by atoms with Crippen LogP contribution in [0.4, 0.5) is 0 Å². The third kappa shape index (κ3) is 4.57. The van der Waals surface area contributed by atoms with E-state index in [2.05, 4.69) is 84.9 Å². The molecule has 3 aliphatic rings. The van der Waals surface area contributed by atoms with Crippen LogP contribution in [0.3, 0.4) is 0 Å². The molecule has 2 bridgehead atoms. The minimum absolute atomic E-state index is 0. The Bertz CT molecular complexity index is 1100. The number of fused-ring (bicyclic) bond motifs is 4. The van der Waals surface area contributed by atoms with Gasteiger partial charge in [-0.3, -0.25) is 4.98 Å². The number of rotatable bonds is 8. The highest BCUT2D eigenvalue weighted by Crippen LogP contribution is 2.49. The third-order valence-electron chi connectivity index (χ3n) is 7.75. The predicted octanol–water partition coefficient (Wildman–Crippen LogP) is 3.09. The van der Waals surface area contributed by atoms with Crippen molar-refractivity contribution < 1.29 is 26.2 Å². The van der Waals surface area contributed by atoms with Crippen LogP contribution in [0, 0.1) is 11.8 Å². The standard InChI is InChI=1S/C29H33N2O.BrH/c1-3-18-32-29(26-14-16-30-27-13-9-8-12-25(26)27)28-19-24-15-17-31(28,21-23(24)4-2)20-22-10-6-5-7-11-22;/h3-14,16,23-24,28-29H,1-2,15,17-21H2;1H/q+1;/p-1/t23-,24-,28+,29-,31?;/m0./s1. The van der Waals surface area contributed by atoms with Crippen molar-refractivity contribution in [2.75, 3.05) is 19.7 Å². The molecule has 33 heavy (non-hydrogen) atoms. The number of hydrogen-bond donors (Lipinski definition) is 0. The van der Waals surface area contributed by atoms with Gasteiger partial charge in [0.25, 0.3) is 0 Å². The molecule has 3 aromatic rings. The van der Waals surface area contributed by atoms with Gasteiger partial charge in [-0.25, -0.2) is 0 Å². The van der Waals surface area contributed by atoms with Gasteiger partial charge in [0, 0.05) is 35.9 Å². The van der Waals surface area contributed by atoms with Gasteiger partial charge in [-0.2, -0.15) is 0 Å². The van der Waals surface area contributed by atoms with E-state index < -0.39 is 0 Å². The SMILES string of the molecule is C=CCO[C@@H](c1ccnc2ccccc12)[C@H]1C[C@@H]2CC[N+]1(Cc1ccccc1)C[C@@H]2C=C.[Br-]. The van der Waals surface area contributed by atoms with Gasteiger partial charge in [-0.1, -0.05) is 60.7 Å². The summed E-state index contributed by atoms with van der Waals surface area (Å²) in [6.45, 7) is 12.1. The lowest BCUT2D eigenvalue weighted by Crippen LogP contribution is -3.00. The summed E-state index contributed by atoms with van der Waals surface area (Å²) >= 11 is 0. The molecule has 0 saturated carbocycles. The number of ether oxygens (including phenoxy) is 1. The Balaban J connectivity index is 0.00000259. The summed E-state index contributed by atoms with van der Waals surface area (Å²) in [5.41, 5.74) is 3.70. The van der Waals surface area contributed by atoms with Gasteiger partial charge in [-0.05, 0) is 23.6 Å². The first kappa shape index (κ1) is 23.9. The van der Waals surface area contributed by atoms with E-state index >= 15 is 0 Å². The second-order valence-electron chi connectivity index (χ2n) is 9.48. The van der Waals surface area contributed by atoms with Gasteiger partial charge >= 0.3 is 0 Å². The number of pyridine rings is 1. The highest BCUT2D eigenvalue weighted by molar-refractivity contribution is 5.82. The van der Waals surface area contributed by atoms with E-state index in [0.29, 0.717) is 24.5 Å². The van der Waals surface area contributed by atoms with Crippen LogP contribution in [0.5, 0.6) is 0 Å². The van der Waals surface area contributed by atoms with Gasteiger partial charge in [-0.15, -0.1) is 13.2 Å². The van der Waals surface area contributed by atoms with Crippen molar-refractivity contribution >= 4 is 10.9 Å². The Morgan fingerprint density at radius 1 is 1.06 bits per heavy atom. The van der Waals surface area contributed by atoms with Crippen LogP contribution in [-0.2, 0) is 11.3 Å². The van der Waals surface area contributed by atoms with Crippen molar-refractivity contribution in [1.29, 1.82) is 0 Å². The zero-order chi connectivity index (χ0) is 22.0. The minimum Gasteiger partial charge on any atom is -1.00 e. The quantitative estimate of drug-likeness (QED) is 0.347. The van der Waals surface area contributed by atoms with Gasteiger partial charge in [0.15, 0.2) is 0 Å². The molecular formula is C29H33BrN2O. The molecule has 0 amide bonds. The Labute approximate surface area is 208 Å². The zero-order valence-corrected chi connectivity index (χ0v) is 20.7. The number of aromatic nitrogens is 1. The van der Waals surface area contributed by atoms with Crippen molar-refractivity contribution in [1.82, 2.24) is 4.98 Å². The maximum absolute atomic E-state index is 6.62. The summed E-state index contributed by atoms with van der Waals surface area (Å²) in [7, 11) is 0. The number of hydrogen-bond acceptors (Lipinski definition) is 2. The number of quaternary nitrogens is 1. The molecule has 3 aliphatic heterocycles. The van der Waals surface area contributed by atoms with Crippen LogP contribution in [0.25, 0.3) is 10.9 Å². The fraction of sp³-hybridized carbons (Fsp3) is 0.345. The van der Waals surface area contributed by atoms with E-state index in [1.54, 1.807) is 0 Å². The predicted molar refractivity (Wildman–Crippen MR) is 131 cm³/mol. The molecule has 0 spiro atoms. The number of para-hydroxylation sites is 1. The second-order valence-corrected chi connectivity index (χ2v) is 9.48. The molecule has 6 rings (SSSR count). The van der Waals surface area contributed by atoms with Crippen molar-refractivity contribution in [2.45, 2.75) is 31.5 Å². The van der Waals surface area contributed by atoms with Gasteiger partial charge in [0.1, 0.15) is 18.7 Å². The van der Waals surface area contributed by atoms with Crippen LogP contribution in [0.2, 0.25) is 0 Å². The second kappa shape index (κ2) is 10.3. The lowest BCUT2D eigenvalue weighted by atomic mass is 9.71. The summed E-state index contributed by atoms with van der Waals surface area (Å²) in [6, 6.07) is 22.0. The first-order chi connectivity index (χ1) is 15.7. The monoisotopic (exact) mass is 504 g/mol. The average Bonchev–Trinajstić information content (AvgIpc) is 2.85. The van der Waals surface area contributed by atoms with Crippen molar-refractivity contribution in [2.24, 2.45) is 11.8 Å². The molecule has 1 aromatic heterocycles. The molecule has 2 aromatic carbocycles. The van der Waals surface area contributed by atoms with E-state index in [-0.39, 0.29) is 23.1 Å². The molecular weight excluding hydrogens is 472 g/mol. The molecule has 3 saturated heterocycles. The molecule has 3 nitrogen and oxygen atoms in total. The summed E-state index contributed by atoms with van der Waals surface area (Å²) in [6.07, 6.45) is 8.47. The highest BCUT2D eigenvalue weighted by atomic mass is 79.9. The molecule has 3 fully saturated rings. The normalized spacial score (nSPS) is 27.0. The highest BCUT2D eigenvalue weighted by Gasteiger charge is 2.54. The van der Waals surface area contributed by atoms with Crippen molar-refractivity contribution in [3.8, 4) is 0 Å². The first-order valence-electron chi connectivity index (χ1n) is 11.8. The van der Waals surface area contributed by atoms with Crippen LogP contribution >= 0.6 is 0 Å². The summed E-state index contributed by atoms with van der Waals surface area (Å²) in [5, 5.41) is 1.20. The summed E-state index contributed by atoms with van der Waals surface area (Å²) in [4.78, 5) is 4.61. The Hall–Kier alpha value is -2.27. The Kier molecular flexibility index (Phi) is 7.48. The van der Waals surface area contributed by atoms with E-state index in [0.717, 1.165) is 23.1 Å². The Morgan fingerprint density at radius 2 is 1.85 bits per heavy atom. The first-order valence-corrected chi connectivity index (χ1v) is 11.8. The van der Waals surface area contributed by atoms with Gasteiger partial charge < -0.3 is 26.2 Å². The van der Waals surface area contributed by atoms with E-state index in [4.69, 9.17) is 4.74 Å². The largest absolute Gasteiger partial charge is 1.00 e. The fourth-order valence-corrected chi connectivity index (χ4v) is 6.26. The number of benzene rings is 2. The fourth-order valence-electron chi connectivity index (χ4n) is 6.26. The van der Waals surface area contributed by atoms with Crippen LogP contribution in [0.1, 0.15) is 30.1 Å². The van der Waals surface area contributed by atoms with E-state index in [1.807, 2.05) is 12.3 Å². The smallest absolute Gasteiger partial charge is 0.135 e. The number of nitrogens with zero attached hydrogens (tertiary/aromatic N) is 2. The maximum Gasteiger partial charge on any atom is 0.135 e. The minimum atomic E-state index is 0. The van der Waals surface area contributed by atoms with Gasteiger partial charge in [0.2, 0.25) is 0 Å². The van der Waals surface area contributed by atoms with E-state index in [1.165, 1.54) is 35.9 Å². The average molecular weight is 506 g/mol. The molecule has 4 heterocycles. The van der Waals surface area contributed by atoms with Gasteiger partial charge in [0.05, 0.1) is 25.2 Å². The third-order valence-corrected chi connectivity index (χ3v) is 7.75. The molecule has 0 aliphatic carbocycles. The molecule has 4 heteroatoms. The number of piperidine rings is 3. The Morgan fingerprint density at radius 3 is 2.64 bits per heavy atom. The lowest BCUT2D eigenvalue weighted by molar-refractivity contribution is -0.985. The molecule has 172 valence electrons. The summed E-state index contributed by atoms with van der Waals surface area (Å²) in [5.74, 6) is 1.27. The molecule has 0 N–H and O–H groups in total. The molecule has 1 unspecified atom stereocenters. The topological polar surface area (TPSA) is 22.1 Å². The zero-order valence-electron chi connectivity index (χ0n) is 19.2. The summed E-state index contributed by atoms with van der Waals surface area (Å²) < 4.78 is 7.69. The van der Waals surface area contributed by atoms with Crippen molar-refractivity contribution in [3.05, 3.63) is 103 Å². The lowest BCUT2D eigenvalue weighted by Gasteiger charge is -2.58. The van der Waals surface area contributed by atoms with Crippen molar-refractivity contribution in [3.63, 3.8) is 0 Å². The van der Waals surface area contributed by atoms with Crippen LogP contribution in [-0.4, -0.2) is 35.2 Å². The van der Waals surface area contributed by atoms with Crippen LogP contribution < -0.4 is 17.0 Å². The molecule has 5 atom stereocenters. The maximum atomic E-state index is 6.62.